The fourth-order valence-electron chi connectivity index (χ4n) is 4.35. The first kappa shape index (κ1) is 22.8. The van der Waals surface area contributed by atoms with E-state index in [2.05, 4.69) is 32.9 Å². The first-order chi connectivity index (χ1) is 15.7. The first-order valence-electron chi connectivity index (χ1n) is 10.7. The van der Waals surface area contributed by atoms with Crippen molar-refractivity contribution in [3.8, 4) is 5.75 Å². The molecule has 170 valence electrons. The van der Waals surface area contributed by atoms with Crippen LogP contribution in [0.25, 0.3) is 10.9 Å². The van der Waals surface area contributed by atoms with Gasteiger partial charge >= 0.3 is 0 Å². The van der Waals surface area contributed by atoms with E-state index in [1.165, 1.54) is 24.8 Å². The standard InChI is InChI=1S/C27H27NO4S/c1-18-12-19(2)24(20(3)13-18)16-28-25-11-6-5-8-21(25)14-26(28)27(29)17-33(30,31)23-10-7-9-22(15-23)32-4/h5-15H,16-17H2,1-4H3. The van der Waals surface area contributed by atoms with Gasteiger partial charge in [0.1, 0.15) is 11.5 Å². The zero-order chi connectivity index (χ0) is 23.8. The zero-order valence-electron chi connectivity index (χ0n) is 19.3. The number of ether oxygens (including phenoxy) is 1. The van der Waals surface area contributed by atoms with Crippen LogP contribution in [-0.4, -0.2) is 31.6 Å². The molecule has 5 nitrogen and oxygen atoms in total. The first-order valence-corrected chi connectivity index (χ1v) is 12.4. The van der Waals surface area contributed by atoms with Crippen LogP contribution in [0.4, 0.5) is 0 Å². The molecule has 1 aromatic heterocycles. The summed E-state index contributed by atoms with van der Waals surface area (Å²) in [5.41, 5.74) is 5.90. The highest BCUT2D eigenvalue weighted by Crippen LogP contribution is 2.26. The van der Waals surface area contributed by atoms with Gasteiger partial charge in [-0.15, -0.1) is 0 Å². The number of ketones is 1. The minimum atomic E-state index is -3.83. The van der Waals surface area contributed by atoms with E-state index >= 15 is 0 Å². The number of hydrogen-bond acceptors (Lipinski definition) is 4. The predicted molar refractivity (Wildman–Crippen MR) is 131 cm³/mol. The number of sulfone groups is 1. The molecule has 1 heterocycles. The SMILES string of the molecule is COc1cccc(S(=O)(=O)CC(=O)c2cc3ccccc3n2Cc2c(C)cc(C)cc2C)c1. The van der Waals surface area contributed by atoms with E-state index in [1.54, 1.807) is 18.2 Å². The van der Waals surface area contributed by atoms with E-state index in [0.29, 0.717) is 18.0 Å². The Morgan fingerprint density at radius 1 is 0.909 bits per heavy atom. The highest BCUT2D eigenvalue weighted by atomic mass is 32.2. The largest absolute Gasteiger partial charge is 0.497 e. The monoisotopic (exact) mass is 461 g/mol. The van der Waals surface area contributed by atoms with Crippen molar-refractivity contribution in [3.05, 3.63) is 94.7 Å². The quantitative estimate of drug-likeness (QED) is 0.351. The maximum atomic E-state index is 13.4. The second-order valence-electron chi connectivity index (χ2n) is 8.41. The summed E-state index contributed by atoms with van der Waals surface area (Å²) in [7, 11) is -2.36. The number of hydrogen-bond donors (Lipinski definition) is 0. The number of fused-ring (bicyclic) bond motifs is 1. The van der Waals surface area contributed by atoms with E-state index in [1.807, 2.05) is 28.8 Å². The molecule has 0 spiro atoms. The summed E-state index contributed by atoms with van der Waals surface area (Å²) in [5.74, 6) is -0.609. The summed E-state index contributed by atoms with van der Waals surface area (Å²) in [6.07, 6.45) is 0. The van der Waals surface area contributed by atoms with Gasteiger partial charge in [0.15, 0.2) is 15.6 Å². The highest BCUT2D eigenvalue weighted by molar-refractivity contribution is 7.92. The highest BCUT2D eigenvalue weighted by Gasteiger charge is 2.24. The number of aryl methyl sites for hydroxylation is 3. The molecule has 0 N–H and O–H groups in total. The lowest BCUT2D eigenvalue weighted by Gasteiger charge is -2.16. The van der Waals surface area contributed by atoms with Crippen molar-refractivity contribution in [2.24, 2.45) is 0 Å². The van der Waals surface area contributed by atoms with E-state index in [4.69, 9.17) is 4.74 Å². The number of methoxy groups -OCH3 is 1. The number of para-hydroxylation sites is 1. The van der Waals surface area contributed by atoms with E-state index in [0.717, 1.165) is 27.6 Å². The topological polar surface area (TPSA) is 65.4 Å². The average molecular weight is 462 g/mol. The Morgan fingerprint density at radius 3 is 2.30 bits per heavy atom. The number of nitrogens with zero attached hydrogens (tertiary/aromatic N) is 1. The van der Waals surface area contributed by atoms with Crippen LogP contribution in [0.15, 0.2) is 71.6 Å². The molecule has 4 rings (SSSR count). The Bertz CT molecular complexity index is 1440. The molecule has 0 aliphatic carbocycles. The maximum Gasteiger partial charge on any atom is 0.194 e. The minimum absolute atomic E-state index is 0.0723. The van der Waals surface area contributed by atoms with Gasteiger partial charge in [-0.05, 0) is 67.8 Å². The number of Topliss-reactive ketones (excluding diaryl/α,β-unsaturated/α-hetero) is 1. The van der Waals surface area contributed by atoms with Crippen LogP contribution < -0.4 is 4.74 Å². The molecule has 0 fully saturated rings. The van der Waals surface area contributed by atoms with Gasteiger partial charge in [-0.3, -0.25) is 4.79 Å². The predicted octanol–water partition coefficient (Wildman–Crippen LogP) is 5.28. The second-order valence-corrected chi connectivity index (χ2v) is 10.4. The van der Waals surface area contributed by atoms with E-state index in [9.17, 15) is 13.2 Å². The van der Waals surface area contributed by atoms with Crippen LogP contribution in [0.1, 0.15) is 32.7 Å². The third-order valence-corrected chi connectivity index (χ3v) is 7.59. The fraction of sp³-hybridized carbons (Fsp3) is 0.222. The van der Waals surface area contributed by atoms with Crippen LogP contribution >= 0.6 is 0 Å². The van der Waals surface area contributed by atoms with Gasteiger partial charge in [0.2, 0.25) is 0 Å². The molecule has 0 unspecified atom stereocenters. The van der Waals surface area contributed by atoms with Gasteiger partial charge in [-0.1, -0.05) is 42.0 Å². The number of carbonyl (C=O) groups is 1. The van der Waals surface area contributed by atoms with Gasteiger partial charge < -0.3 is 9.30 Å². The average Bonchev–Trinajstić information content (AvgIpc) is 3.14. The molecule has 33 heavy (non-hydrogen) atoms. The third-order valence-electron chi connectivity index (χ3n) is 5.97. The van der Waals surface area contributed by atoms with Crippen molar-refractivity contribution in [1.29, 1.82) is 0 Å². The lowest BCUT2D eigenvalue weighted by Crippen LogP contribution is -2.20. The molecular formula is C27H27NO4S. The van der Waals surface area contributed by atoms with Crippen LogP contribution in [-0.2, 0) is 16.4 Å². The van der Waals surface area contributed by atoms with Crippen LogP contribution in [0, 0.1) is 20.8 Å². The number of benzene rings is 3. The molecule has 0 amide bonds. The summed E-state index contributed by atoms with van der Waals surface area (Å²) >= 11 is 0. The molecule has 3 aromatic carbocycles. The Balaban J connectivity index is 1.76. The lowest BCUT2D eigenvalue weighted by molar-refractivity contribution is 0.101. The Labute approximate surface area is 194 Å². The summed E-state index contributed by atoms with van der Waals surface area (Å²) in [5, 5.41) is 0.905. The molecule has 0 aliphatic heterocycles. The second kappa shape index (κ2) is 8.87. The van der Waals surface area contributed by atoms with Crippen molar-refractivity contribution in [3.63, 3.8) is 0 Å². The number of aromatic nitrogens is 1. The molecule has 0 atom stereocenters. The molecule has 6 heteroatoms. The minimum Gasteiger partial charge on any atom is -0.497 e. The normalized spacial score (nSPS) is 11.6. The summed E-state index contributed by atoms with van der Waals surface area (Å²) in [6.45, 7) is 6.69. The van der Waals surface area contributed by atoms with Crippen LogP contribution in [0.5, 0.6) is 5.75 Å². The van der Waals surface area contributed by atoms with Crippen molar-refractivity contribution in [2.45, 2.75) is 32.2 Å². The maximum absolute atomic E-state index is 13.4. The molecule has 4 aromatic rings. The summed E-state index contributed by atoms with van der Waals surface area (Å²) in [6, 6.07) is 20.0. The van der Waals surface area contributed by atoms with Crippen molar-refractivity contribution in [1.82, 2.24) is 4.57 Å². The van der Waals surface area contributed by atoms with Crippen LogP contribution in [0.2, 0.25) is 0 Å². The van der Waals surface area contributed by atoms with Gasteiger partial charge in [-0.25, -0.2) is 8.42 Å². The smallest absolute Gasteiger partial charge is 0.194 e. The molecule has 0 radical (unpaired) electrons. The van der Waals surface area contributed by atoms with Gasteiger partial charge in [0, 0.05) is 17.4 Å². The lowest BCUT2D eigenvalue weighted by atomic mass is 9.99. The van der Waals surface area contributed by atoms with Crippen LogP contribution in [0.3, 0.4) is 0 Å². The van der Waals surface area contributed by atoms with E-state index < -0.39 is 21.4 Å². The summed E-state index contributed by atoms with van der Waals surface area (Å²) < 4.78 is 33.1. The van der Waals surface area contributed by atoms with Crippen molar-refractivity contribution < 1.29 is 17.9 Å². The van der Waals surface area contributed by atoms with Gasteiger partial charge in [-0.2, -0.15) is 0 Å². The molecule has 0 saturated heterocycles. The molecule has 0 aliphatic rings. The number of carbonyl (C=O) groups excluding carboxylic acids is 1. The fourth-order valence-corrected chi connectivity index (χ4v) is 5.60. The molecular weight excluding hydrogens is 434 g/mol. The van der Waals surface area contributed by atoms with Gasteiger partial charge in [0.25, 0.3) is 0 Å². The Morgan fingerprint density at radius 2 is 1.61 bits per heavy atom. The summed E-state index contributed by atoms with van der Waals surface area (Å²) in [4.78, 5) is 13.4. The van der Waals surface area contributed by atoms with Gasteiger partial charge in [0.05, 0.1) is 17.7 Å². The van der Waals surface area contributed by atoms with Crippen molar-refractivity contribution in [2.75, 3.05) is 12.9 Å². The Kier molecular flexibility index (Phi) is 6.13. The Hall–Kier alpha value is -3.38. The third kappa shape index (κ3) is 4.57. The molecule has 0 saturated carbocycles. The zero-order valence-corrected chi connectivity index (χ0v) is 20.1. The van der Waals surface area contributed by atoms with E-state index in [-0.39, 0.29) is 4.90 Å². The molecule has 0 bridgehead atoms. The van der Waals surface area contributed by atoms with Crippen molar-refractivity contribution >= 4 is 26.5 Å². The number of rotatable bonds is 7.